The van der Waals surface area contributed by atoms with Gasteiger partial charge >= 0.3 is 0 Å². The van der Waals surface area contributed by atoms with Gasteiger partial charge in [0, 0.05) is 14.2 Å². The molecule has 0 spiro atoms. The van der Waals surface area contributed by atoms with E-state index in [1.165, 1.54) is 14.2 Å². The summed E-state index contributed by atoms with van der Waals surface area (Å²) in [6, 6.07) is 0. The maximum atomic E-state index is 7.91. The SMILES string of the molecule is COC(/C=N/O)OC. The van der Waals surface area contributed by atoms with Crippen molar-refractivity contribution in [3.05, 3.63) is 0 Å². The van der Waals surface area contributed by atoms with Crippen LogP contribution in [0.5, 0.6) is 0 Å². The van der Waals surface area contributed by atoms with E-state index in [9.17, 15) is 0 Å². The molecule has 0 unspecified atom stereocenters. The average Bonchev–Trinajstić information content (AvgIpc) is 1.83. The van der Waals surface area contributed by atoms with E-state index < -0.39 is 6.29 Å². The lowest BCUT2D eigenvalue weighted by Gasteiger charge is -2.03. The average molecular weight is 119 g/mol. The fourth-order valence-electron chi connectivity index (χ4n) is 0.272. The third-order valence-electron chi connectivity index (χ3n) is 0.653. The molecule has 4 nitrogen and oxygen atoms in total. The summed E-state index contributed by atoms with van der Waals surface area (Å²) in [5.74, 6) is 0. The lowest BCUT2D eigenvalue weighted by atomic mass is 10.7. The molecule has 0 rings (SSSR count). The normalized spacial score (nSPS) is 11.4. The van der Waals surface area contributed by atoms with Gasteiger partial charge in [-0.05, 0) is 0 Å². The largest absolute Gasteiger partial charge is 0.411 e. The van der Waals surface area contributed by atoms with Gasteiger partial charge in [0.15, 0.2) is 6.29 Å². The summed E-state index contributed by atoms with van der Waals surface area (Å²) in [5.41, 5.74) is 0. The van der Waals surface area contributed by atoms with Crippen molar-refractivity contribution in [3.63, 3.8) is 0 Å². The highest BCUT2D eigenvalue weighted by atomic mass is 16.7. The van der Waals surface area contributed by atoms with Crippen LogP contribution in [0.1, 0.15) is 0 Å². The van der Waals surface area contributed by atoms with Gasteiger partial charge in [0.1, 0.15) is 0 Å². The van der Waals surface area contributed by atoms with Crippen LogP contribution in [0.3, 0.4) is 0 Å². The molecule has 0 aliphatic rings. The Balaban J connectivity index is 3.36. The monoisotopic (exact) mass is 119 g/mol. The fraction of sp³-hybridized carbons (Fsp3) is 0.750. The van der Waals surface area contributed by atoms with Crippen molar-refractivity contribution in [1.29, 1.82) is 0 Å². The fourth-order valence-corrected chi connectivity index (χ4v) is 0.272. The maximum Gasteiger partial charge on any atom is 0.196 e. The van der Waals surface area contributed by atoms with E-state index in [4.69, 9.17) is 5.21 Å². The molecule has 0 radical (unpaired) electrons. The molecule has 0 heterocycles. The Morgan fingerprint density at radius 2 is 2.00 bits per heavy atom. The molecule has 0 aliphatic heterocycles. The molecular formula is C4H9NO3. The van der Waals surface area contributed by atoms with E-state index in [0.29, 0.717) is 0 Å². The quantitative estimate of drug-likeness (QED) is 0.247. The molecule has 48 valence electrons. The minimum absolute atomic E-state index is 0.542. The molecule has 0 fully saturated rings. The minimum atomic E-state index is -0.542. The highest BCUT2D eigenvalue weighted by molar-refractivity contribution is 5.60. The van der Waals surface area contributed by atoms with Crippen LogP contribution in [-0.4, -0.2) is 31.9 Å². The second-order valence-corrected chi connectivity index (χ2v) is 1.10. The van der Waals surface area contributed by atoms with Crippen LogP contribution in [0.25, 0.3) is 0 Å². The van der Waals surface area contributed by atoms with Gasteiger partial charge in [0.2, 0.25) is 0 Å². The van der Waals surface area contributed by atoms with Crippen molar-refractivity contribution in [2.75, 3.05) is 14.2 Å². The molecule has 0 aromatic heterocycles. The molecule has 0 saturated heterocycles. The van der Waals surface area contributed by atoms with E-state index in [2.05, 4.69) is 14.6 Å². The van der Waals surface area contributed by atoms with Gasteiger partial charge in [-0.25, -0.2) is 0 Å². The Hall–Kier alpha value is -0.610. The summed E-state index contributed by atoms with van der Waals surface area (Å²) in [5, 5.41) is 10.6. The predicted octanol–water partition coefficient (Wildman–Crippen LogP) is 0.0653. The number of oxime groups is 1. The van der Waals surface area contributed by atoms with Crippen molar-refractivity contribution in [2.24, 2.45) is 5.16 Å². The molecule has 4 heteroatoms. The first-order valence-electron chi connectivity index (χ1n) is 2.08. The van der Waals surface area contributed by atoms with Crippen molar-refractivity contribution < 1.29 is 14.7 Å². The van der Waals surface area contributed by atoms with Crippen LogP contribution >= 0.6 is 0 Å². The molecule has 1 N–H and O–H groups in total. The Kier molecular flexibility index (Phi) is 4.20. The maximum absolute atomic E-state index is 7.91. The van der Waals surface area contributed by atoms with Crippen LogP contribution in [0.15, 0.2) is 5.16 Å². The van der Waals surface area contributed by atoms with Crippen LogP contribution < -0.4 is 0 Å². The van der Waals surface area contributed by atoms with E-state index in [1.807, 2.05) is 0 Å². The molecule has 0 atom stereocenters. The zero-order valence-electron chi connectivity index (χ0n) is 4.87. The molecule has 0 aromatic rings. The highest BCUT2D eigenvalue weighted by Crippen LogP contribution is 1.83. The van der Waals surface area contributed by atoms with Crippen molar-refractivity contribution >= 4 is 6.21 Å². The first-order chi connectivity index (χ1) is 3.85. The summed E-state index contributed by atoms with van der Waals surface area (Å²) in [4.78, 5) is 0. The topological polar surface area (TPSA) is 51.0 Å². The lowest BCUT2D eigenvalue weighted by Crippen LogP contribution is -2.13. The molecule has 0 amide bonds. The first-order valence-corrected chi connectivity index (χ1v) is 2.08. The van der Waals surface area contributed by atoms with Crippen LogP contribution in [0.2, 0.25) is 0 Å². The van der Waals surface area contributed by atoms with Crippen molar-refractivity contribution in [2.45, 2.75) is 6.29 Å². The number of hydrogen-bond donors (Lipinski definition) is 1. The Morgan fingerprint density at radius 3 is 2.12 bits per heavy atom. The summed E-state index contributed by atoms with van der Waals surface area (Å²) >= 11 is 0. The Labute approximate surface area is 47.7 Å². The minimum Gasteiger partial charge on any atom is -0.411 e. The smallest absolute Gasteiger partial charge is 0.196 e. The summed E-state index contributed by atoms with van der Waals surface area (Å²) in [6.07, 6.45) is 0.597. The van der Waals surface area contributed by atoms with Gasteiger partial charge in [0.25, 0.3) is 0 Å². The lowest BCUT2D eigenvalue weighted by molar-refractivity contribution is -0.0497. The predicted molar refractivity (Wildman–Crippen MR) is 28.1 cm³/mol. The number of rotatable bonds is 3. The van der Waals surface area contributed by atoms with E-state index in [-0.39, 0.29) is 0 Å². The molecular weight excluding hydrogens is 110 g/mol. The van der Waals surface area contributed by atoms with Gasteiger partial charge in [-0.1, -0.05) is 5.16 Å². The molecule has 0 saturated carbocycles. The summed E-state index contributed by atoms with van der Waals surface area (Å²) in [7, 11) is 2.91. The van der Waals surface area contributed by atoms with E-state index >= 15 is 0 Å². The summed E-state index contributed by atoms with van der Waals surface area (Å²) < 4.78 is 9.22. The standard InChI is InChI=1S/C4H9NO3/c1-7-4(8-2)3-5-6/h3-4,6H,1-2H3/b5-3+. The molecule has 8 heavy (non-hydrogen) atoms. The van der Waals surface area contributed by atoms with Crippen molar-refractivity contribution in [1.82, 2.24) is 0 Å². The van der Waals surface area contributed by atoms with E-state index in [1.54, 1.807) is 0 Å². The van der Waals surface area contributed by atoms with Gasteiger partial charge in [0.05, 0.1) is 6.21 Å². The van der Waals surface area contributed by atoms with Gasteiger partial charge in [-0.2, -0.15) is 0 Å². The molecule has 0 aliphatic carbocycles. The first kappa shape index (κ1) is 7.39. The Morgan fingerprint density at radius 1 is 1.50 bits per heavy atom. The van der Waals surface area contributed by atoms with Gasteiger partial charge in [-0.3, -0.25) is 0 Å². The Bertz CT molecular complexity index is 69.7. The zero-order chi connectivity index (χ0) is 6.41. The zero-order valence-corrected chi connectivity index (χ0v) is 4.87. The second kappa shape index (κ2) is 4.55. The van der Waals surface area contributed by atoms with Gasteiger partial charge in [-0.15, -0.1) is 0 Å². The van der Waals surface area contributed by atoms with Crippen molar-refractivity contribution in [3.8, 4) is 0 Å². The van der Waals surface area contributed by atoms with E-state index in [0.717, 1.165) is 6.21 Å². The molecule has 0 bridgehead atoms. The molecule has 0 aromatic carbocycles. The van der Waals surface area contributed by atoms with Crippen LogP contribution in [0.4, 0.5) is 0 Å². The second-order valence-electron chi connectivity index (χ2n) is 1.10. The van der Waals surface area contributed by atoms with Gasteiger partial charge < -0.3 is 14.7 Å². The number of nitrogens with zero attached hydrogens (tertiary/aromatic N) is 1. The van der Waals surface area contributed by atoms with Crippen LogP contribution in [0, 0.1) is 0 Å². The number of methoxy groups -OCH3 is 2. The number of hydrogen-bond acceptors (Lipinski definition) is 4. The number of ether oxygens (including phenoxy) is 2. The highest BCUT2D eigenvalue weighted by Gasteiger charge is 1.96. The third kappa shape index (κ3) is 2.54. The van der Waals surface area contributed by atoms with Crippen LogP contribution in [-0.2, 0) is 9.47 Å². The summed E-state index contributed by atoms with van der Waals surface area (Å²) in [6.45, 7) is 0. The third-order valence-corrected chi connectivity index (χ3v) is 0.653.